The first-order valence-corrected chi connectivity index (χ1v) is 2.74. The normalized spacial score (nSPS) is 9.40. The predicted octanol–water partition coefficient (Wildman–Crippen LogP) is 2.41. The van der Waals surface area contributed by atoms with Crippen molar-refractivity contribution in [3.63, 3.8) is 0 Å². The fourth-order valence-corrected chi connectivity index (χ4v) is 0.637. The molecule has 2 heteroatoms. The van der Waals surface area contributed by atoms with E-state index in [9.17, 15) is 8.78 Å². The van der Waals surface area contributed by atoms with Crippen molar-refractivity contribution >= 4 is 6.08 Å². The number of hydrogen-bond acceptors (Lipinski definition) is 0. The molecule has 0 atom stereocenters. The van der Waals surface area contributed by atoms with Crippen molar-refractivity contribution in [2.24, 2.45) is 0 Å². The molecule has 0 bridgehead atoms. The molecule has 1 aromatic rings. The standard InChI is InChI=1S/C8H5F2/c1-2-6-3-4-7(9)5-8(6)10/h1-5H. The number of rotatable bonds is 1. The molecule has 0 aromatic heterocycles. The van der Waals surface area contributed by atoms with Crippen LogP contribution in [0.25, 0.3) is 6.08 Å². The van der Waals surface area contributed by atoms with Gasteiger partial charge in [0.2, 0.25) is 0 Å². The number of benzene rings is 1. The molecular weight excluding hydrogens is 134 g/mol. The van der Waals surface area contributed by atoms with E-state index in [2.05, 4.69) is 0 Å². The first-order chi connectivity index (χ1) is 4.74. The molecule has 0 aliphatic rings. The van der Waals surface area contributed by atoms with Gasteiger partial charge in [-0.25, -0.2) is 8.78 Å². The SMILES string of the molecule is [CH]=Cc1ccc(F)cc1F. The van der Waals surface area contributed by atoms with Crippen molar-refractivity contribution in [3.8, 4) is 0 Å². The highest BCUT2D eigenvalue weighted by atomic mass is 19.1. The maximum Gasteiger partial charge on any atom is 0.133 e. The summed E-state index contributed by atoms with van der Waals surface area (Å²) < 4.78 is 24.7. The molecule has 1 aromatic carbocycles. The van der Waals surface area contributed by atoms with Crippen molar-refractivity contribution in [2.75, 3.05) is 0 Å². The van der Waals surface area contributed by atoms with Crippen LogP contribution in [0.4, 0.5) is 8.78 Å². The molecule has 0 aliphatic carbocycles. The molecule has 1 radical (unpaired) electrons. The fraction of sp³-hybridized carbons (Fsp3) is 0. The molecule has 0 amide bonds. The van der Waals surface area contributed by atoms with E-state index in [0.29, 0.717) is 0 Å². The Hall–Kier alpha value is -1.18. The molecule has 0 saturated heterocycles. The molecular formula is C8H5F2. The van der Waals surface area contributed by atoms with Crippen LogP contribution in [0.3, 0.4) is 0 Å². The zero-order valence-corrected chi connectivity index (χ0v) is 5.14. The van der Waals surface area contributed by atoms with Crippen molar-refractivity contribution < 1.29 is 8.78 Å². The van der Waals surface area contributed by atoms with Gasteiger partial charge in [0.25, 0.3) is 0 Å². The number of hydrogen-bond donors (Lipinski definition) is 0. The topological polar surface area (TPSA) is 0 Å². The van der Waals surface area contributed by atoms with Gasteiger partial charge in [-0.1, -0.05) is 12.7 Å². The Balaban J connectivity index is 3.19. The van der Waals surface area contributed by atoms with Gasteiger partial charge in [-0.3, -0.25) is 0 Å². The highest BCUT2D eigenvalue weighted by molar-refractivity contribution is 5.45. The Morgan fingerprint density at radius 2 is 2.00 bits per heavy atom. The van der Waals surface area contributed by atoms with Gasteiger partial charge in [0.1, 0.15) is 11.6 Å². The molecule has 0 saturated carbocycles. The second-order valence-corrected chi connectivity index (χ2v) is 1.83. The summed E-state index contributed by atoms with van der Waals surface area (Å²) in [5.41, 5.74) is 0.210. The summed E-state index contributed by atoms with van der Waals surface area (Å²) in [5.74, 6) is -1.23. The zero-order chi connectivity index (χ0) is 7.56. The third-order valence-electron chi connectivity index (χ3n) is 1.14. The molecule has 0 spiro atoms. The van der Waals surface area contributed by atoms with Crippen LogP contribution in [0.5, 0.6) is 0 Å². The summed E-state index contributed by atoms with van der Waals surface area (Å²) >= 11 is 0. The Morgan fingerprint density at radius 3 is 2.50 bits per heavy atom. The summed E-state index contributed by atoms with van der Waals surface area (Å²) in [4.78, 5) is 0. The van der Waals surface area contributed by atoms with Crippen LogP contribution in [0.1, 0.15) is 5.56 Å². The maximum absolute atomic E-state index is 12.5. The lowest BCUT2D eigenvalue weighted by Crippen LogP contribution is -1.82. The van der Waals surface area contributed by atoms with Gasteiger partial charge in [0.15, 0.2) is 0 Å². The first kappa shape index (κ1) is 6.93. The molecule has 0 unspecified atom stereocenters. The molecule has 0 nitrogen and oxygen atoms in total. The van der Waals surface area contributed by atoms with E-state index in [1.165, 1.54) is 6.07 Å². The molecule has 0 heterocycles. The third-order valence-corrected chi connectivity index (χ3v) is 1.14. The monoisotopic (exact) mass is 139 g/mol. The van der Waals surface area contributed by atoms with Gasteiger partial charge in [-0.05, 0) is 12.1 Å². The van der Waals surface area contributed by atoms with Crippen LogP contribution >= 0.6 is 0 Å². The first-order valence-electron chi connectivity index (χ1n) is 2.74. The minimum Gasteiger partial charge on any atom is -0.207 e. The van der Waals surface area contributed by atoms with Crippen LogP contribution in [-0.4, -0.2) is 0 Å². The van der Waals surface area contributed by atoms with Crippen LogP contribution in [0, 0.1) is 18.2 Å². The lowest BCUT2D eigenvalue weighted by atomic mass is 10.2. The summed E-state index contributed by atoms with van der Waals surface area (Å²) in [5, 5.41) is 0. The van der Waals surface area contributed by atoms with Gasteiger partial charge in [-0.15, -0.1) is 0 Å². The quantitative estimate of drug-likeness (QED) is 0.560. The second-order valence-electron chi connectivity index (χ2n) is 1.83. The van der Waals surface area contributed by atoms with Crippen LogP contribution in [0.2, 0.25) is 0 Å². The van der Waals surface area contributed by atoms with Gasteiger partial charge < -0.3 is 0 Å². The highest BCUT2D eigenvalue weighted by Crippen LogP contribution is 2.09. The second kappa shape index (κ2) is 2.60. The third kappa shape index (κ3) is 1.21. The van der Waals surface area contributed by atoms with Crippen LogP contribution < -0.4 is 0 Å². The van der Waals surface area contributed by atoms with Crippen molar-refractivity contribution in [2.45, 2.75) is 0 Å². The summed E-state index contributed by atoms with van der Waals surface area (Å²) in [6.07, 6.45) is 1.09. The molecule has 0 fully saturated rings. The van der Waals surface area contributed by atoms with E-state index >= 15 is 0 Å². The van der Waals surface area contributed by atoms with Crippen molar-refractivity contribution in [1.29, 1.82) is 0 Å². The average molecular weight is 139 g/mol. The summed E-state index contributed by atoms with van der Waals surface area (Å²) in [7, 11) is 0. The van der Waals surface area contributed by atoms with Gasteiger partial charge in [0, 0.05) is 11.6 Å². The van der Waals surface area contributed by atoms with Gasteiger partial charge in [0.05, 0.1) is 0 Å². The largest absolute Gasteiger partial charge is 0.207 e. The predicted molar refractivity (Wildman–Crippen MR) is 35.1 cm³/mol. The van der Waals surface area contributed by atoms with E-state index in [1.807, 2.05) is 0 Å². The summed E-state index contributed by atoms with van der Waals surface area (Å²) in [6, 6.07) is 3.23. The fourth-order valence-electron chi connectivity index (χ4n) is 0.637. The average Bonchev–Trinajstić information content (AvgIpc) is 1.88. The molecule has 0 aliphatic heterocycles. The molecule has 51 valence electrons. The van der Waals surface area contributed by atoms with Crippen molar-refractivity contribution in [1.82, 2.24) is 0 Å². The highest BCUT2D eigenvalue weighted by Gasteiger charge is 1.97. The maximum atomic E-state index is 12.5. The van der Waals surface area contributed by atoms with E-state index < -0.39 is 11.6 Å². The van der Waals surface area contributed by atoms with Crippen molar-refractivity contribution in [3.05, 3.63) is 42.0 Å². The van der Waals surface area contributed by atoms with Gasteiger partial charge >= 0.3 is 0 Å². The summed E-state index contributed by atoms with van der Waals surface area (Å²) in [6.45, 7) is 5.01. The Kier molecular flexibility index (Phi) is 1.81. The van der Waals surface area contributed by atoms with Gasteiger partial charge in [-0.2, -0.15) is 0 Å². The number of halogens is 2. The molecule has 1 rings (SSSR count). The van der Waals surface area contributed by atoms with E-state index in [0.717, 1.165) is 18.2 Å². The van der Waals surface area contributed by atoms with E-state index in [1.54, 1.807) is 0 Å². The minimum atomic E-state index is -0.637. The van der Waals surface area contributed by atoms with E-state index in [4.69, 9.17) is 6.58 Å². The van der Waals surface area contributed by atoms with Crippen LogP contribution in [0.15, 0.2) is 18.2 Å². The minimum absolute atomic E-state index is 0.210. The molecule has 10 heavy (non-hydrogen) atoms. The Bertz CT molecular complexity index is 253. The zero-order valence-electron chi connectivity index (χ0n) is 5.14. The Labute approximate surface area is 57.8 Å². The van der Waals surface area contributed by atoms with Crippen LogP contribution in [-0.2, 0) is 0 Å². The van der Waals surface area contributed by atoms with E-state index in [-0.39, 0.29) is 5.56 Å². The smallest absolute Gasteiger partial charge is 0.133 e. The molecule has 0 N–H and O–H groups in total. The lowest BCUT2D eigenvalue weighted by Gasteiger charge is -1.93. The lowest BCUT2D eigenvalue weighted by molar-refractivity contribution is 0.581. The Morgan fingerprint density at radius 1 is 1.30 bits per heavy atom.